The molecule has 3 aromatic rings. The predicted molar refractivity (Wildman–Crippen MR) is 117 cm³/mol. The average Bonchev–Trinajstić information content (AvgIpc) is 3.16. The van der Waals surface area contributed by atoms with Crippen molar-refractivity contribution in [2.75, 3.05) is 13.3 Å². The van der Waals surface area contributed by atoms with Crippen LogP contribution in [0.3, 0.4) is 0 Å². The number of thiocarbonyl (C=S) groups is 1. The van der Waals surface area contributed by atoms with Crippen LogP contribution in [0.2, 0.25) is 0 Å². The monoisotopic (exact) mass is 409 g/mol. The van der Waals surface area contributed by atoms with Crippen molar-refractivity contribution in [2.45, 2.75) is 26.9 Å². The van der Waals surface area contributed by atoms with E-state index in [1.165, 1.54) is 0 Å². The van der Waals surface area contributed by atoms with Gasteiger partial charge in [0.2, 0.25) is 6.79 Å². The van der Waals surface area contributed by atoms with Crippen LogP contribution in [0, 0.1) is 6.92 Å². The van der Waals surface area contributed by atoms with E-state index in [1.807, 2.05) is 61.2 Å². The highest BCUT2D eigenvalue weighted by Crippen LogP contribution is 2.33. The molecular weight excluding hydrogens is 386 g/mol. The lowest BCUT2D eigenvalue weighted by Crippen LogP contribution is -2.39. The van der Waals surface area contributed by atoms with E-state index in [9.17, 15) is 4.79 Å². The first-order chi connectivity index (χ1) is 14.0. The average molecular weight is 410 g/mol. The maximum atomic E-state index is 12.7. The fraction of sp³-hybridized carbons (Fsp3) is 0.273. The summed E-state index contributed by atoms with van der Waals surface area (Å²) >= 11 is 5.58. The topological polar surface area (TPSA) is 66.6 Å². The SMILES string of the molecule is CCNC(=S)N(Cc1ccc2c(c1)OCO2)Cc1cc2ccc(C)cc2[nH]c1=O. The van der Waals surface area contributed by atoms with Gasteiger partial charge in [0.05, 0.1) is 6.54 Å². The van der Waals surface area contributed by atoms with E-state index in [0.717, 1.165) is 33.5 Å². The highest BCUT2D eigenvalue weighted by molar-refractivity contribution is 7.80. The van der Waals surface area contributed by atoms with Crippen LogP contribution in [0.5, 0.6) is 11.5 Å². The summed E-state index contributed by atoms with van der Waals surface area (Å²) < 4.78 is 10.9. The van der Waals surface area contributed by atoms with Crippen molar-refractivity contribution in [3.05, 3.63) is 69.5 Å². The van der Waals surface area contributed by atoms with Crippen LogP contribution in [0.15, 0.2) is 47.3 Å². The zero-order valence-corrected chi connectivity index (χ0v) is 17.3. The summed E-state index contributed by atoms with van der Waals surface area (Å²) in [5.41, 5.74) is 3.55. The maximum absolute atomic E-state index is 12.7. The van der Waals surface area contributed by atoms with Gasteiger partial charge in [0.15, 0.2) is 16.6 Å². The number of H-pyrrole nitrogens is 1. The fourth-order valence-corrected chi connectivity index (χ4v) is 3.68. The Morgan fingerprint density at radius 1 is 1.14 bits per heavy atom. The molecule has 0 fully saturated rings. The molecule has 0 radical (unpaired) electrons. The van der Waals surface area contributed by atoms with E-state index >= 15 is 0 Å². The Bertz CT molecular complexity index is 1130. The van der Waals surface area contributed by atoms with Crippen molar-refractivity contribution >= 4 is 28.2 Å². The number of hydrogen-bond donors (Lipinski definition) is 2. The van der Waals surface area contributed by atoms with E-state index < -0.39 is 0 Å². The molecule has 0 bridgehead atoms. The van der Waals surface area contributed by atoms with Gasteiger partial charge in [-0.2, -0.15) is 0 Å². The van der Waals surface area contributed by atoms with Gasteiger partial charge in [-0.1, -0.05) is 18.2 Å². The molecule has 0 unspecified atom stereocenters. The largest absolute Gasteiger partial charge is 0.454 e. The van der Waals surface area contributed by atoms with Crippen molar-refractivity contribution < 1.29 is 9.47 Å². The number of nitrogens with zero attached hydrogens (tertiary/aromatic N) is 1. The Morgan fingerprint density at radius 3 is 2.79 bits per heavy atom. The van der Waals surface area contributed by atoms with Gasteiger partial charge >= 0.3 is 0 Å². The maximum Gasteiger partial charge on any atom is 0.253 e. The summed E-state index contributed by atoms with van der Waals surface area (Å²) in [7, 11) is 0. The van der Waals surface area contributed by atoms with E-state index in [-0.39, 0.29) is 12.4 Å². The first-order valence-electron chi connectivity index (χ1n) is 9.57. The third kappa shape index (κ3) is 4.19. The Hall–Kier alpha value is -3.06. The van der Waals surface area contributed by atoms with Crippen LogP contribution in [0.25, 0.3) is 10.9 Å². The lowest BCUT2D eigenvalue weighted by molar-refractivity contribution is 0.174. The van der Waals surface area contributed by atoms with Gasteiger partial charge in [-0.05, 0) is 66.8 Å². The van der Waals surface area contributed by atoms with Crippen LogP contribution in [0.4, 0.5) is 0 Å². The molecular formula is C22H23N3O3S. The summed E-state index contributed by atoms with van der Waals surface area (Å²) in [5.74, 6) is 1.48. The second-order valence-corrected chi connectivity index (χ2v) is 7.48. The van der Waals surface area contributed by atoms with Crippen LogP contribution < -0.4 is 20.3 Å². The zero-order chi connectivity index (χ0) is 20.4. The van der Waals surface area contributed by atoms with Gasteiger partial charge in [-0.25, -0.2) is 0 Å². The highest BCUT2D eigenvalue weighted by Gasteiger charge is 2.17. The zero-order valence-electron chi connectivity index (χ0n) is 16.5. The lowest BCUT2D eigenvalue weighted by atomic mass is 10.1. The van der Waals surface area contributed by atoms with E-state index in [0.29, 0.717) is 30.3 Å². The molecule has 0 saturated carbocycles. The normalized spacial score (nSPS) is 12.2. The van der Waals surface area contributed by atoms with Crippen molar-refractivity contribution in [1.29, 1.82) is 0 Å². The standard InChI is InChI=1S/C22H23N3O3S/c1-3-23-22(29)25(11-15-5-7-19-20(9-15)28-13-27-19)12-17-10-16-6-4-14(2)8-18(16)24-21(17)26/h4-10H,3,11-13H2,1-2H3,(H,23,29)(H,24,26). The van der Waals surface area contributed by atoms with Crippen molar-refractivity contribution in [1.82, 2.24) is 15.2 Å². The van der Waals surface area contributed by atoms with E-state index in [1.54, 1.807) is 0 Å². The van der Waals surface area contributed by atoms with Crippen LogP contribution in [-0.2, 0) is 13.1 Å². The number of aromatic amines is 1. The van der Waals surface area contributed by atoms with Crippen LogP contribution >= 0.6 is 12.2 Å². The minimum atomic E-state index is -0.0990. The Balaban J connectivity index is 1.63. The molecule has 0 aliphatic carbocycles. The first kappa shape index (κ1) is 19.3. The molecule has 7 heteroatoms. The van der Waals surface area contributed by atoms with Crippen molar-refractivity contribution in [3.63, 3.8) is 0 Å². The predicted octanol–water partition coefficient (Wildman–Crippen LogP) is 3.46. The molecule has 0 spiro atoms. The molecule has 2 heterocycles. The molecule has 1 aromatic heterocycles. The Kier molecular flexibility index (Phi) is 5.40. The Morgan fingerprint density at radius 2 is 1.97 bits per heavy atom. The van der Waals surface area contributed by atoms with Gasteiger partial charge in [-0.3, -0.25) is 4.79 Å². The Labute approximate surface area is 174 Å². The van der Waals surface area contributed by atoms with Crippen molar-refractivity contribution in [3.8, 4) is 11.5 Å². The number of aromatic nitrogens is 1. The molecule has 0 atom stereocenters. The summed E-state index contributed by atoms with van der Waals surface area (Å²) in [4.78, 5) is 17.7. The molecule has 1 aliphatic rings. The minimum Gasteiger partial charge on any atom is -0.454 e. The summed E-state index contributed by atoms with van der Waals surface area (Å²) in [6.45, 7) is 5.91. The summed E-state index contributed by atoms with van der Waals surface area (Å²) in [6, 6.07) is 13.8. The highest BCUT2D eigenvalue weighted by atomic mass is 32.1. The van der Waals surface area contributed by atoms with Gasteiger partial charge in [0.25, 0.3) is 5.56 Å². The van der Waals surface area contributed by atoms with E-state index in [4.69, 9.17) is 21.7 Å². The smallest absolute Gasteiger partial charge is 0.253 e. The fourth-order valence-electron chi connectivity index (χ4n) is 3.41. The third-order valence-electron chi connectivity index (χ3n) is 4.87. The van der Waals surface area contributed by atoms with Crippen molar-refractivity contribution in [2.24, 2.45) is 0 Å². The number of aryl methyl sites for hydroxylation is 1. The first-order valence-corrected chi connectivity index (χ1v) is 9.98. The quantitative estimate of drug-likeness (QED) is 0.629. The van der Waals surface area contributed by atoms with Gasteiger partial charge in [0.1, 0.15) is 0 Å². The van der Waals surface area contributed by atoms with E-state index in [2.05, 4.69) is 10.3 Å². The third-order valence-corrected chi connectivity index (χ3v) is 5.27. The number of hydrogen-bond acceptors (Lipinski definition) is 4. The molecule has 29 heavy (non-hydrogen) atoms. The molecule has 4 rings (SSSR count). The van der Waals surface area contributed by atoms with Crippen LogP contribution in [-0.4, -0.2) is 28.3 Å². The lowest BCUT2D eigenvalue weighted by Gasteiger charge is -2.26. The molecule has 0 saturated heterocycles. The molecule has 0 amide bonds. The van der Waals surface area contributed by atoms with Gasteiger partial charge in [-0.15, -0.1) is 0 Å². The number of fused-ring (bicyclic) bond motifs is 2. The number of nitrogens with one attached hydrogen (secondary N) is 2. The number of rotatable bonds is 5. The molecule has 150 valence electrons. The number of pyridine rings is 1. The molecule has 2 aromatic carbocycles. The second kappa shape index (κ2) is 8.13. The van der Waals surface area contributed by atoms with Gasteiger partial charge < -0.3 is 24.7 Å². The summed E-state index contributed by atoms with van der Waals surface area (Å²) in [6.07, 6.45) is 0. The second-order valence-electron chi connectivity index (χ2n) is 7.09. The number of ether oxygens (including phenoxy) is 2. The minimum absolute atomic E-state index is 0.0990. The van der Waals surface area contributed by atoms with Crippen LogP contribution in [0.1, 0.15) is 23.6 Å². The summed E-state index contributed by atoms with van der Waals surface area (Å²) in [5, 5.41) is 4.80. The number of benzene rings is 2. The molecule has 1 aliphatic heterocycles. The molecule has 6 nitrogen and oxygen atoms in total. The molecule has 2 N–H and O–H groups in total. The van der Waals surface area contributed by atoms with Gasteiger partial charge in [0, 0.05) is 24.2 Å².